The fourth-order valence-electron chi connectivity index (χ4n) is 1.93. The van der Waals surface area contributed by atoms with E-state index in [0.29, 0.717) is 6.04 Å². The molecule has 1 atom stereocenters. The number of thiazole rings is 1. The molecule has 0 aliphatic rings. The van der Waals surface area contributed by atoms with Gasteiger partial charge in [0.05, 0.1) is 17.8 Å². The van der Waals surface area contributed by atoms with Crippen molar-refractivity contribution in [2.45, 2.75) is 26.3 Å². The Morgan fingerprint density at radius 1 is 1.32 bits per heavy atom. The summed E-state index contributed by atoms with van der Waals surface area (Å²) in [7, 11) is 1.68. The lowest BCUT2D eigenvalue weighted by Gasteiger charge is -2.08. The van der Waals surface area contributed by atoms with Gasteiger partial charge in [0.25, 0.3) is 0 Å². The van der Waals surface area contributed by atoms with Gasteiger partial charge in [-0.2, -0.15) is 0 Å². The summed E-state index contributed by atoms with van der Waals surface area (Å²) in [5.41, 5.74) is 2.40. The van der Waals surface area contributed by atoms with Crippen molar-refractivity contribution < 1.29 is 4.74 Å². The zero-order chi connectivity index (χ0) is 13.7. The third-order valence-corrected chi connectivity index (χ3v) is 3.90. The summed E-state index contributed by atoms with van der Waals surface area (Å²) in [5, 5.41) is 6.68. The number of nitrogens with one attached hydrogen (secondary N) is 1. The minimum absolute atomic E-state index is 0.325. The molecule has 1 aromatic carbocycles. The first kappa shape index (κ1) is 14.0. The number of methoxy groups -OCH3 is 1. The van der Waals surface area contributed by atoms with E-state index in [-0.39, 0.29) is 0 Å². The molecule has 3 nitrogen and oxygen atoms in total. The predicted molar refractivity (Wildman–Crippen MR) is 80.0 cm³/mol. The topological polar surface area (TPSA) is 34.1 Å². The van der Waals surface area contributed by atoms with E-state index in [9.17, 15) is 0 Å². The van der Waals surface area contributed by atoms with Crippen LogP contribution in [0.5, 0.6) is 5.75 Å². The van der Waals surface area contributed by atoms with Crippen LogP contribution in [0.1, 0.15) is 36.2 Å². The molecule has 0 amide bonds. The van der Waals surface area contributed by atoms with E-state index in [4.69, 9.17) is 9.72 Å². The molecule has 0 saturated heterocycles. The largest absolute Gasteiger partial charge is 0.497 e. The highest BCUT2D eigenvalue weighted by molar-refractivity contribution is 7.09. The van der Waals surface area contributed by atoms with E-state index in [0.717, 1.165) is 29.4 Å². The van der Waals surface area contributed by atoms with Crippen LogP contribution in [0.15, 0.2) is 29.6 Å². The molecule has 4 heteroatoms. The Balaban J connectivity index is 2.02. The van der Waals surface area contributed by atoms with Crippen LogP contribution in [0.3, 0.4) is 0 Å². The van der Waals surface area contributed by atoms with Crippen molar-refractivity contribution in [3.63, 3.8) is 0 Å². The normalized spacial score (nSPS) is 12.4. The molecule has 0 spiro atoms. The average Bonchev–Trinajstić information content (AvgIpc) is 2.88. The lowest BCUT2D eigenvalue weighted by atomic mass is 10.1. The highest BCUT2D eigenvalue weighted by Gasteiger charge is 2.09. The van der Waals surface area contributed by atoms with Crippen LogP contribution in [0, 0.1) is 0 Å². The molecule has 102 valence electrons. The van der Waals surface area contributed by atoms with Gasteiger partial charge in [-0.1, -0.05) is 19.1 Å². The van der Waals surface area contributed by atoms with Gasteiger partial charge in [-0.3, -0.25) is 0 Å². The maximum atomic E-state index is 5.16. The second kappa shape index (κ2) is 6.68. The molecule has 0 aliphatic heterocycles. The molecule has 1 unspecified atom stereocenters. The first-order chi connectivity index (χ1) is 9.22. The molecule has 0 bridgehead atoms. The Bertz CT molecular complexity index is 507. The van der Waals surface area contributed by atoms with Crippen molar-refractivity contribution in [2.24, 2.45) is 0 Å². The van der Waals surface area contributed by atoms with Gasteiger partial charge in [0, 0.05) is 17.8 Å². The van der Waals surface area contributed by atoms with Crippen LogP contribution >= 0.6 is 11.3 Å². The van der Waals surface area contributed by atoms with Gasteiger partial charge in [0.1, 0.15) is 5.75 Å². The maximum Gasteiger partial charge on any atom is 0.118 e. The summed E-state index contributed by atoms with van der Waals surface area (Å²) in [4.78, 5) is 4.69. The first-order valence-corrected chi connectivity index (χ1v) is 7.41. The SMILES string of the molecule is CCNC(C)c1csc(Cc2ccc(OC)cc2)n1. The number of nitrogens with zero attached hydrogens (tertiary/aromatic N) is 1. The fourth-order valence-corrected chi connectivity index (χ4v) is 2.86. The lowest BCUT2D eigenvalue weighted by Crippen LogP contribution is -2.17. The summed E-state index contributed by atoms with van der Waals surface area (Å²) in [6.07, 6.45) is 0.882. The zero-order valence-corrected chi connectivity index (χ0v) is 12.5. The molecule has 1 heterocycles. The molecule has 19 heavy (non-hydrogen) atoms. The van der Waals surface area contributed by atoms with E-state index < -0.39 is 0 Å². The van der Waals surface area contributed by atoms with Gasteiger partial charge < -0.3 is 10.1 Å². The summed E-state index contributed by atoms with van der Waals surface area (Å²) in [5.74, 6) is 0.893. The van der Waals surface area contributed by atoms with Crippen LogP contribution in [-0.4, -0.2) is 18.6 Å². The quantitative estimate of drug-likeness (QED) is 0.878. The van der Waals surface area contributed by atoms with Crippen LogP contribution in [0.25, 0.3) is 0 Å². The Morgan fingerprint density at radius 2 is 2.05 bits per heavy atom. The standard InChI is InChI=1S/C15H20N2OS/c1-4-16-11(2)14-10-19-15(17-14)9-12-5-7-13(18-3)8-6-12/h5-8,10-11,16H,4,9H2,1-3H3. The van der Waals surface area contributed by atoms with Crippen molar-refractivity contribution in [1.82, 2.24) is 10.3 Å². The molecule has 0 saturated carbocycles. The van der Waals surface area contributed by atoms with Crippen molar-refractivity contribution in [3.05, 3.63) is 45.9 Å². The number of aromatic nitrogens is 1. The Morgan fingerprint density at radius 3 is 2.68 bits per heavy atom. The number of hydrogen-bond donors (Lipinski definition) is 1. The smallest absolute Gasteiger partial charge is 0.118 e. The van der Waals surface area contributed by atoms with Crippen LogP contribution < -0.4 is 10.1 Å². The number of hydrogen-bond acceptors (Lipinski definition) is 4. The third kappa shape index (κ3) is 3.78. The molecule has 2 rings (SSSR count). The number of ether oxygens (including phenoxy) is 1. The van der Waals surface area contributed by atoms with E-state index in [2.05, 4.69) is 36.7 Å². The van der Waals surface area contributed by atoms with Crippen molar-refractivity contribution in [3.8, 4) is 5.75 Å². The second-order valence-electron chi connectivity index (χ2n) is 4.47. The van der Waals surface area contributed by atoms with E-state index >= 15 is 0 Å². The Labute approximate surface area is 118 Å². The van der Waals surface area contributed by atoms with Gasteiger partial charge in [0.15, 0.2) is 0 Å². The second-order valence-corrected chi connectivity index (χ2v) is 5.41. The van der Waals surface area contributed by atoms with E-state index in [1.54, 1.807) is 18.4 Å². The molecular weight excluding hydrogens is 256 g/mol. The number of benzene rings is 1. The summed E-state index contributed by atoms with van der Waals surface area (Å²) in [6, 6.07) is 8.49. The van der Waals surface area contributed by atoms with Gasteiger partial charge >= 0.3 is 0 Å². The third-order valence-electron chi connectivity index (χ3n) is 3.04. The molecule has 1 N–H and O–H groups in total. The molecule has 0 radical (unpaired) electrons. The lowest BCUT2D eigenvalue weighted by molar-refractivity contribution is 0.414. The van der Waals surface area contributed by atoms with Crippen LogP contribution in [-0.2, 0) is 6.42 Å². The van der Waals surface area contributed by atoms with Gasteiger partial charge in [-0.05, 0) is 31.2 Å². The highest BCUT2D eigenvalue weighted by Crippen LogP contribution is 2.20. The summed E-state index contributed by atoms with van der Waals surface area (Å²) in [6.45, 7) is 5.23. The van der Waals surface area contributed by atoms with Gasteiger partial charge in [0.2, 0.25) is 0 Å². The fraction of sp³-hybridized carbons (Fsp3) is 0.400. The molecular formula is C15H20N2OS. The number of rotatable bonds is 6. The maximum absolute atomic E-state index is 5.16. The Kier molecular flexibility index (Phi) is 4.93. The van der Waals surface area contributed by atoms with Crippen LogP contribution in [0.4, 0.5) is 0 Å². The molecule has 0 fully saturated rings. The Hall–Kier alpha value is -1.39. The minimum Gasteiger partial charge on any atom is -0.497 e. The van der Waals surface area contributed by atoms with E-state index in [1.807, 2.05) is 12.1 Å². The van der Waals surface area contributed by atoms with Crippen molar-refractivity contribution in [1.29, 1.82) is 0 Å². The van der Waals surface area contributed by atoms with E-state index in [1.165, 1.54) is 5.56 Å². The monoisotopic (exact) mass is 276 g/mol. The van der Waals surface area contributed by atoms with Gasteiger partial charge in [-0.25, -0.2) is 4.98 Å². The van der Waals surface area contributed by atoms with Crippen molar-refractivity contribution >= 4 is 11.3 Å². The van der Waals surface area contributed by atoms with Crippen molar-refractivity contribution in [2.75, 3.05) is 13.7 Å². The minimum atomic E-state index is 0.325. The van der Waals surface area contributed by atoms with Crippen LogP contribution in [0.2, 0.25) is 0 Å². The molecule has 2 aromatic rings. The zero-order valence-electron chi connectivity index (χ0n) is 11.6. The average molecular weight is 276 g/mol. The molecule has 1 aromatic heterocycles. The first-order valence-electron chi connectivity index (χ1n) is 6.53. The summed E-state index contributed by atoms with van der Waals surface area (Å²) >= 11 is 1.73. The summed E-state index contributed by atoms with van der Waals surface area (Å²) < 4.78 is 5.16. The highest BCUT2D eigenvalue weighted by atomic mass is 32.1. The van der Waals surface area contributed by atoms with Gasteiger partial charge in [-0.15, -0.1) is 11.3 Å². The molecule has 0 aliphatic carbocycles. The predicted octanol–water partition coefficient (Wildman–Crippen LogP) is 3.41.